The summed E-state index contributed by atoms with van der Waals surface area (Å²) in [5, 5.41) is 11.8. The van der Waals surface area contributed by atoms with E-state index in [4.69, 9.17) is 15.6 Å². The van der Waals surface area contributed by atoms with Gasteiger partial charge in [0.1, 0.15) is 5.75 Å². The molecule has 0 aliphatic heterocycles. The molecule has 2 amide bonds. The van der Waals surface area contributed by atoms with E-state index in [1.807, 2.05) is 0 Å². The van der Waals surface area contributed by atoms with Crippen LogP contribution in [0.1, 0.15) is 32.1 Å². The summed E-state index contributed by atoms with van der Waals surface area (Å²) in [4.78, 5) is 34.1. The number of nitrogens with two attached hydrogens (primary N) is 1. The van der Waals surface area contributed by atoms with E-state index in [-0.39, 0.29) is 30.8 Å². The molecule has 0 atom stereocenters. The molecular weight excluding hydrogens is 312 g/mol. The Balaban J connectivity index is 1.92. The largest absolute Gasteiger partial charge is 0.491 e. The standard InChI is InChI=1S/C17H22N2O5/c18-15(20)9-10-24-14-4-2-1-3-13(14)19-16(21)11-5-7-12(8-6-11)17(22)23/h1-4,11-12H,5-10H2,(H2,18,20)(H,19,21)(H,22,23). The number of benzene rings is 1. The number of ether oxygens (including phenoxy) is 1. The second kappa shape index (κ2) is 8.33. The summed E-state index contributed by atoms with van der Waals surface area (Å²) < 4.78 is 5.49. The Morgan fingerprint density at radius 1 is 1.12 bits per heavy atom. The summed E-state index contributed by atoms with van der Waals surface area (Å²) in [6.07, 6.45) is 2.26. The molecule has 1 fully saturated rings. The third kappa shape index (κ3) is 4.97. The number of carboxylic acid groups (broad SMARTS) is 1. The number of primary amides is 1. The average Bonchev–Trinajstić information content (AvgIpc) is 2.56. The topological polar surface area (TPSA) is 119 Å². The monoisotopic (exact) mass is 334 g/mol. The fraction of sp³-hybridized carbons (Fsp3) is 0.471. The quantitative estimate of drug-likeness (QED) is 0.702. The highest BCUT2D eigenvalue weighted by Crippen LogP contribution is 2.31. The maximum atomic E-state index is 12.4. The van der Waals surface area contributed by atoms with E-state index in [1.54, 1.807) is 24.3 Å². The lowest BCUT2D eigenvalue weighted by Gasteiger charge is -2.25. The van der Waals surface area contributed by atoms with Gasteiger partial charge in [0, 0.05) is 5.92 Å². The molecule has 0 aromatic heterocycles. The Hall–Kier alpha value is -2.57. The van der Waals surface area contributed by atoms with Crippen LogP contribution in [0, 0.1) is 11.8 Å². The molecule has 1 saturated carbocycles. The van der Waals surface area contributed by atoms with E-state index in [0.717, 1.165) is 0 Å². The fourth-order valence-electron chi connectivity index (χ4n) is 2.79. The van der Waals surface area contributed by atoms with Gasteiger partial charge in [0.25, 0.3) is 0 Å². The molecule has 0 radical (unpaired) electrons. The molecule has 7 nitrogen and oxygen atoms in total. The number of aliphatic carboxylic acids is 1. The highest BCUT2D eigenvalue weighted by Gasteiger charge is 2.30. The van der Waals surface area contributed by atoms with Crippen molar-refractivity contribution in [2.75, 3.05) is 11.9 Å². The number of para-hydroxylation sites is 2. The van der Waals surface area contributed by atoms with Crippen molar-refractivity contribution in [3.05, 3.63) is 24.3 Å². The SMILES string of the molecule is NC(=O)CCOc1ccccc1NC(=O)C1CCC(C(=O)O)CC1. The molecule has 7 heteroatoms. The Kier molecular flexibility index (Phi) is 6.17. The summed E-state index contributed by atoms with van der Waals surface area (Å²) >= 11 is 0. The van der Waals surface area contributed by atoms with Crippen LogP contribution in [-0.2, 0) is 14.4 Å². The van der Waals surface area contributed by atoms with Crippen LogP contribution in [-0.4, -0.2) is 29.5 Å². The number of anilines is 1. The third-order valence-corrected chi connectivity index (χ3v) is 4.20. The van der Waals surface area contributed by atoms with E-state index in [2.05, 4.69) is 5.32 Å². The second-order valence-electron chi connectivity index (χ2n) is 5.94. The molecular formula is C17H22N2O5. The van der Waals surface area contributed by atoms with E-state index in [0.29, 0.717) is 37.1 Å². The van der Waals surface area contributed by atoms with E-state index in [1.165, 1.54) is 0 Å². The van der Waals surface area contributed by atoms with Crippen LogP contribution in [0.2, 0.25) is 0 Å². The van der Waals surface area contributed by atoms with Crippen molar-refractivity contribution in [3.63, 3.8) is 0 Å². The minimum atomic E-state index is -0.790. The van der Waals surface area contributed by atoms with Gasteiger partial charge in [-0.1, -0.05) is 12.1 Å². The van der Waals surface area contributed by atoms with Gasteiger partial charge in [0.2, 0.25) is 11.8 Å². The predicted octanol–water partition coefficient (Wildman–Crippen LogP) is 1.77. The van der Waals surface area contributed by atoms with Crippen molar-refractivity contribution in [2.24, 2.45) is 17.6 Å². The van der Waals surface area contributed by atoms with Crippen LogP contribution in [0.25, 0.3) is 0 Å². The Morgan fingerprint density at radius 3 is 2.38 bits per heavy atom. The van der Waals surface area contributed by atoms with Gasteiger partial charge >= 0.3 is 5.97 Å². The van der Waals surface area contributed by atoms with Crippen LogP contribution < -0.4 is 15.8 Å². The van der Waals surface area contributed by atoms with Gasteiger partial charge in [0.15, 0.2) is 0 Å². The summed E-state index contributed by atoms with van der Waals surface area (Å²) in [5.74, 6) is -1.44. The molecule has 4 N–H and O–H groups in total. The zero-order valence-corrected chi connectivity index (χ0v) is 13.4. The Bertz CT molecular complexity index is 609. The van der Waals surface area contributed by atoms with Gasteiger partial charge in [-0.25, -0.2) is 0 Å². The molecule has 1 aliphatic carbocycles. The molecule has 0 heterocycles. The fourth-order valence-corrected chi connectivity index (χ4v) is 2.79. The number of amides is 2. The number of hydrogen-bond donors (Lipinski definition) is 3. The third-order valence-electron chi connectivity index (χ3n) is 4.20. The maximum absolute atomic E-state index is 12.4. The van der Waals surface area contributed by atoms with Crippen molar-refractivity contribution in [3.8, 4) is 5.75 Å². The molecule has 0 saturated heterocycles. The van der Waals surface area contributed by atoms with Gasteiger partial charge in [-0.2, -0.15) is 0 Å². The molecule has 24 heavy (non-hydrogen) atoms. The van der Waals surface area contributed by atoms with E-state index >= 15 is 0 Å². The molecule has 0 unspecified atom stereocenters. The lowest BCUT2D eigenvalue weighted by atomic mass is 9.81. The molecule has 1 aromatic carbocycles. The minimum absolute atomic E-state index is 0.0987. The summed E-state index contributed by atoms with van der Waals surface area (Å²) in [6.45, 7) is 0.145. The highest BCUT2D eigenvalue weighted by atomic mass is 16.5. The van der Waals surface area contributed by atoms with Crippen molar-refractivity contribution in [1.29, 1.82) is 0 Å². The summed E-state index contributed by atoms with van der Waals surface area (Å²) in [7, 11) is 0. The Labute approximate surface area is 140 Å². The normalized spacial score (nSPS) is 20.2. The molecule has 1 aliphatic rings. The molecule has 0 bridgehead atoms. The highest BCUT2D eigenvalue weighted by molar-refractivity contribution is 5.94. The molecule has 0 spiro atoms. The van der Waals surface area contributed by atoms with Gasteiger partial charge in [0.05, 0.1) is 24.6 Å². The van der Waals surface area contributed by atoms with Gasteiger partial charge in [-0.15, -0.1) is 0 Å². The molecule has 130 valence electrons. The lowest BCUT2D eigenvalue weighted by molar-refractivity contribution is -0.143. The van der Waals surface area contributed by atoms with Crippen LogP contribution in [0.15, 0.2) is 24.3 Å². The summed E-state index contributed by atoms with van der Waals surface area (Å²) in [6, 6.07) is 6.98. The number of hydrogen-bond acceptors (Lipinski definition) is 4. The van der Waals surface area contributed by atoms with Gasteiger partial charge in [-0.3, -0.25) is 14.4 Å². The number of carbonyl (C=O) groups is 3. The van der Waals surface area contributed by atoms with Crippen molar-refractivity contribution in [2.45, 2.75) is 32.1 Å². The van der Waals surface area contributed by atoms with Crippen LogP contribution in [0.4, 0.5) is 5.69 Å². The first-order valence-electron chi connectivity index (χ1n) is 8.01. The van der Waals surface area contributed by atoms with E-state index < -0.39 is 11.9 Å². The van der Waals surface area contributed by atoms with Crippen LogP contribution >= 0.6 is 0 Å². The molecule has 2 rings (SSSR count). The van der Waals surface area contributed by atoms with Gasteiger partial charge < -0.3 is 20.9 Å². The zero-order valence-electron chi connectivity index (χ0n) is 13.4. The van der Waals surface area contributed by atoms with E-state index in [9.17, 15) is 14.4 Å². The zero-order chi connectivity index (χ0) is 17.5. The number of rotatable bonds is 7. The smallest absolute Gasteiger partial charge is 0.306 e. The second-order valence-corrected chi connectivity index (χ2v) is 5.94. The lowest BCUT2D eigenvalue weighted by Crippen LogP contribution is -2.29. The van der Waals surface area contributed by atoms with Gasteiger partial charge in [-0.05, 0) is 37.8 Å². The minimum Gasteiger partial charge on any atom is -0.491 e. The van der Waals surface area contributed by atoms with Crippen LogP contribution in [0.3, 0.4) is 0 Å². The first-order chi connectivity index (χ1) is 11.5. The predicted molar refractivity (Wildman–Crippen MR) is 87.5 cm³/mol. The Morgan fingerprint density at radius 2 is 1.75 bits per heavy atom. The summed E-state index contributed by atoms with van der Waals surface area (Å²) in [5.41, 5.74) is 5.61. The number of carbonyl (C=O) groups excluding carboxylic acids is 2. The number of carboxylic acids is 1. The van der Waals surface area contributed by atoms with Crippen molar-refractivity contribution >= 4 is 23.5 Å². The maximum Gasteiger partial charge on any atom is 0.306 e. The molecule has 1 aromatic rings. The number of nitrogens with one attached hydrogen (secondary N) is 1. The first-order valence-corrected chi connectivity index (χ1v) is 8.01. The first kappa shape index (κ1) is 17.8. The van der Waals surface area contributed by atoms with Crippen molar-refractivity contribution < 1.29 is 24.2 Å². The van der Waals surface area contributed by atoms with Crippen molar-refractivity contribution in [1.82, 2.24) is 0 Å². The van der Waals surface area contributed by atoms with Crippen LogP contribution in [0.5, 0.6) is 5.75 Å². The average molecular weight is 334 g/mol.